The number of benzene rings is 5. The van der Waals surface area contributed by atoms with Gasteiger partial charge in [-0.15, -0.1) is 0 Å². The molecule has 11 rings (SSSR count). The van der Waals surface area contributed by atoms with Crippen molar-refractivity contribution >= 4 is 72.4 Å². The van der Waals surface area contributed by atoms with Crippen molar-refractivity contribution < 1.29 is 4.42 Å². The Morgan fingerprint density at radius 2 is 1.28 bits per heavy atom. The quantitative estimate of drug-likeness (QED) is 0.186. The van der Waals surface area contributed by atoms with Crippen LogP contribution < -0.4 is 4.90 Å². The molecule has 6 heterocycles. The molecular formula is C47H33N5O. The van der Waals surface area contributed by atoms with Crippen LogP contribution in [0.1, 0.15) is 29.7 Å². The second kappa shape index (κ2) is 11.6. The molecule has 0 spiro atoms. The molecule has 252 valence electrons. The molecule has 0 fully saturated rings. The maximum Gasteiger partial charge on any atom is 0.135 e. The van der Waals surface area contributed by atoms with Gasteiger partial charge in [-0.3, -0.25) is 9.97 Å². The zero-order chi connectivity index (χ0) is 35.0. The average Bonchev–Trinajstić information content (AvgIpc) is 3.87. The molecule has 0 N–H and O–H groups in total. The standard InChI is InChI=1S/C47H33N5O/c1-30-20-23-38-37(45-40(17-10-26-48-45)52(38)33-21-25-43-36(28-33)35-16-8-9-19-42(35)53-43)29-50(31-12-4-2-5-13-31)47-34(30)22-24-39-44(47)46-41(18-11-27-49-46)51(39)32-14-6-3-7-15-32/h2-28,30H,29H2,1H3/b23-20-. The van der Waals surface area contributed by atoms with Crippen LogP contribution in [0, 0.1) is 0 Å². The molecule has 6 heteroatoms. The molecule has 0 aliphatic carbocycles. The molecule has 0 saturated carbocycles. The highest BCUT2D eigenvalue weighted by molar-refractivity contribution is 6.15. The fourth-order valence-electron chi connectivity index (χ4n) is 8.49. The topological polar surface area (TPSA) is 52.0 Å². The number of hydrogen-bond donors (Lipinski definition) is 0. The van der Waals surface area contributed by atoms with Crippen LogP contribution in [0.5, 0.6) is 0 Å². The van der Waals surface area contributed by atoms with E-state index in [1.54, 1.807) is 0 Å². The van der Waals surface area contributed by atoms with E-state index in [2.05, 4.69) is 148 Å². The van der Waals surface area contributed by atoms with Gasteiger partial charge < -0.3 is 18.5 Å². The van der Waals surface area contributed by atoms with E-state index in [4.69, 9.17) is 14.4 Å². The fourth-order valence-corrected chi connectivity index (χ4v) is 8.49. The zero-order valence-corrected chi connectivity index (χ0v) is 29.0. The van der Waals surface area contributed by atoms with Crippen LogP contribution in [0.15, 0.2) is 162 Å². The van der Waals surface area contributed by atoms with E-state index in [0.717, 1.165) is 83.2 Å². The number of hydrogen-bond acceptors (Lipinski definition) is 4. The van der Waals surface area contributed by atoms with Gasteiger partial charge in [0, 0.05) is 51.7 Å². The van der Waals surface area contributed by atoms with Crippen molar-refractivity contribution in [2.24, 2.45) is 0 Å². The van der Waals surface area contributed by atoms with Crippen LogP contribution in [-0.4, -0.2) is 19.1 Å². The normalized spacial score (nSPS) is 15.1. The molecule has 1 aliphatic heterocycles. The molecule has 0 amide bonds. The molecule has 6 nitrogen and oxygen atoms in total. The van der Waals surface area contributed by atoms with Gasteiger partial charge in [0.15, 0.2) is 0 Å². The Morgan fingerprint density at radius 1 is 0.585 bits per heavy atom. The average molecular weight is 684 g/mol. The Hall–Kier alpha value is -6.92. The molecule has 10 aromatic rings. The third kappa shape index (κ3) is 4.45. The zero-order valence-electron chi connectivity index (χ0n) is 29.0. The third-order valence-corrected chi connectivity index (χ3v) is 10.9. The first kappa shape index (κ1) is 29.8. The monoisotopic (exact) mass is 683 g/mol. The van der Waals surface area contributed by atoms with Crippen LogP contribution in [-0.2, 0) is 6.54 Å². The summed E-state index contributed by atoms with van der Waals surface area (Å²) < 4.78 is 11.0. The van der Waals surface area contributed by atoms with Crippen molar-refractivity contribution in [1.29, 1.82) is 0 Å². The van der Waals surface area contributed by atoms with E-state index in [0.29, 0.717) is 6.54 Å². The highest BCUT2D eigenvalue weighted by atomic mass is 16.3. The van der Waals surface area contributed by atoms with Gasteiger partial charge in [-0.25, -0.2) is 0 Å². The van der Waals surface area contributed by atoms with E-state index in [9.17, 15) is 0 Å². The Labute approximate surface area is 305 Å². The summed E-state index contributed by atoms with van der Waals surface area (Å²) in [6, 6.07) is 49.2. The number of nitrogens with zero attached hydrogens (tertiary/aromatic N) is 5. The van der Waals surface area contributed by atoms with Gasteiger partial charge in [0.05, 0.1) is 50.9 Å². The van der Waals surface area contributed by atoms with Crippen LogP contribution in [0.2, 0.25) is 0 Å². The van der Waals surface area contributed by atoms with Crippen molar-refractivity contribution in [1.82, 2.24) is 19.1 Å². The SMILES string of the molecule is CC1/C=C\c2c(c3ncccc3n2-c2ccc3oc4ccccc4c3c2)CN(c2ccccc2)c2c1ccc1c2c2ncccc2n1-c1ccccc1. The lowest BCUT2D eigenvalue weighted by molar-refractivity contribution is 0.669. The molecule has 1 aliphatic rings. The van der Waals surface area contributed by atoms with Gasteiger partial charge in [-0.2, -0.15) is 0 Å². The molecule has 0 radical (unpaired) electrons. The minimum atomic E-state index is 0.0881. The number of rotatable bonds is 3. The van der Waals surface area contributed by atoms with Crippen molar-refractivity contribution in [2.75, 3.05) is 4.90 Å². The molecule has 0 saturated heterocycles. The van der Waals surface area contributed by atoms with E-state index < -0.39 is 0 Å². The highest BCUT2D eigenvalue weighted by Gasteiger charge is 2.29. The summed E-state index contributed by atoms with van der Waals surface area (Å²) >= 11 is 0. The largest absolute Gasteiger partial charge is 0.456 e. The second-order valence-electron chi connectivity index (χ2n) is 13.9. The maximum atomic E-state index is 6.24. The lowest BCUT2D eigenvalue weighted by Crippen LogP contribution is -2.19. The number of anilines is 2. The number of para-hydroxylation sites is 3. The summed E-state index contributed by atoms with van der Waals surface area (Å²) in [5.74, 6) is 0.0881. The molecule has 1 unspecified atom stereocenters. The molecule has 5 aromatic carbocycles. The van der Waals surface area contributed by atoms with E-state index in [1.807, 2.05) is 36.7 Å². The number of pyridine rings is 2. The molecule has 0 bridgehead atoms. The van der Waals surface area contributed by atoms with Crippen molar-refractivity contribution in [3.05, 3.63) is 175 Å². The Balaban J connectivity index is 1.21. The van der Waals surface area contributed by atoms with Gasteiger partial charge in [-0.05, 0) is 90.5 Å². The Morgan fingerprint density at radius 3 is 2.09 bits per heavy atom. The number of furan rings is 1. The summed E-state index contributed by atoms with van der Waals surface area (Å²) in [5.41, 5.74) is 15.0. The van der Waals surface area contributed by atoms with E-state index in [-0.39, 0.29) is 5.92 Å². The van der Waals surface area contributed by atoms with Crippen LogP contribution >= 0.6 is 0 Å². The summed E-state index contributed by atoms with van der Waals surface area (Å²) in [6.45, 7) is 2.90. The number of fused-ring (bicyclic) bond motifs is 11. The first-order valence-electron chi connectivity index (χ1n) is 18.1. The summed E-state index contributed by atoms with van der Waals surface area (Å²) in [7, 11) is 0. The van der Waals surface area contributed by atoms with Gasteiger partial charge in [0.1, 0.15) is 11.2 Å². The predicted octanol–water partition coefficient (Wildman–Crippen LogP) is 11.9. The first-order valence-corrected chi connectivity index (χ1v) is 18.1. The molecule has 1 atom stereocenters. The number of aromatic nitrogens is 4. The van der Waals surface area contributed by atoms with Gasteiger partial charge in [-0.1, -0.05) is 73.7 Å². The fraction of sp³-hybridized carbons (Fsp3) is 0.0638. The predicted molar refractivity (Wildman–Crippen MR) is 217 cm³/mol. The maximum absolute atomic E-state index is 6.24. The second-order valence-corrected chi connectivity index (χ2v) is 13.9. The minimum Gasteiger partial charge on any atom is -0.456 e. The smallest absolute Gasteiger partial charge is 0.135 e. The summed E-state index contributed by atoms with van der Waals surface area (Å²) in [5, 5.41) is 3.35. The Kier molecular flexibility index (Phi) is 6.49. The van der Waals surface area contributed by atoms with Gasteiger partial charge >= 0.3 is 0 Å². The Bertz CT molecular complexity index is 3060. The van der Waals surface area contributed by atoms with Crippen LogP contribution in [0.3, 0.4) is 0 Å². The van der Waals surface area contributed by atoms with Crippen molar-refractivity contribution in [2.45, 2.75) is 19.4 Å². The lowest BCUT2D eigenvalue weighted by Gasteiger charge is -2.29. The van der Waals surface area contributed by atoms with Crippen molar-refractivity contribution in [3.8, 4) is 11.4 Å². The van der Waals surface area contributed by atoms with E-state index >= 15 is 0 Å². The lowest BCUT2D eigenvalue weighted by atomic mass is 9.95. The first-order chi connectivity index (χ1) is 26.2. The van der Waals surface area contributed by atoms with Gasteiger partial charge in [0.2, 0.25) is 0 Å². The number of allylic oxidation sites excluding steroid dienone is 1. The molecule has 5 aromatic heterocycles. The molecule has 53 heavy (non-hydrogen) atoms. The summed E-state index contributed by atoms with van der Waals surface area (Å²) in [4.78, 5) is 12.7. The summed E-state index contributed by atoms with van der Waals surface area (Å²) in [6.07, 6.45) is 8.49. The minimum absolute atomic E-state index is 0.0881. The van der Waals surface area contributed by atoms with Gasteiger partial charge in [0.25, 0.3) is 0 Å². The van der Waals surface area contributed by atoms with E-state index in [1.165, 1.54) is 11.3 Å². The van der Waals surface area contributed by atoms with Crippen LogP contribution in [0.4, 0.5) is 11.4 Å². The molecular weight excluding hydrogens is 651 g/mol. The third-order valence-electron chi connectivity index (χ3n) is 10.9. The highest BCUT2D eigenvalue weighted by Crippen LogP contribution is 2.47. The van der Waals surface area contributed by atoms with Crippen LogP contribution in [0.25, 0.3) is 72.4 Å². The van der Waals surface area contributed by atoms with Crippen molar-refractivity contribution in [3.63, 3.8) is 0 Å².